The third-order valence-corrected chi connectivity index (χ3v) is 2.86. The topological polar surface area (TPSA) is 78.7 Å². The number of nitro groups is 1. The standard InChI is InChI=1S/C16H15NO5/c1-2-21-16(18)11-12-3-7-14(8-4-12)22-15-9-5-13(6-10-15)17(19)20/h3-10H,2,11H2,1H3. The molecule has 0 unspecified atom stereocenters. The molecule has 0 heterocycles. The van der Waals surface area contributed by atoms with Crippen molar-refractivity contribution < 1.29 is 19.2 Å². The molecule has 6 nitrogen and oxygen atoms in total. The number of nitrogens with zero attached hydrogens (tertiary/aromatic N) is 1. The van der Waals surface area contributed by atoms with E-state index in [2.05, 4.69) is 0 Å². The van der Waals surface area contributed by atoms with Crippen LogP contribution in [0.2, 0.25) is 0 Å². The van der Waals surface area contributed by atoms with Gasteiger partial charge in [0.15, 0.2) is 0 Å². The molecular formula is C16H15NO5. The van der Waals surface area contributed by atoms with Crippen LogP contribution in [0.1, 0.15) is 12.5 Å². The van der Waals surface area contributed by atoms with Gasteiger partial charge in [0, 0.05) is 12.1 Å². The van der Waals surface area contributed by atoms with Crippen LogP contribution in [0, 0.1) is 10.1 Å². The summed E-state index contributed by atoms with van der Waals surface area (Å²) in [6, 6.07) is 12.8. The van der Waals surface area contributed by atoms with Crippen LogP contribution in [-0.2, 0) is 16.0 Å². The monoisotopic (exact) mass is 301 g/mol. The van der Waals surface area contributed by atoms with E-state index in [1.54, 1.807) is 31.2 Å². The zero-order chi connectivity index (χ0) is 15.9. The van der Waals surface area contributed by atoms with Crippen molar-refractivity contribution in [2.24, 2.45) is 0 Å². The summed E-state index contributed by atoms with van der Waals surface area (Å²) in [6.07, 6.45) is 0.214. The highest BCUT2D eigenvalue weighted by Crippen LogP contribution is 2.24. The lowest BCUT2D eigenvalue weighted by molar-refractivity contribution is -0.384. The quantitative estimate of drug-likeness (QED) is 0.463. The highest BCUT2D eigenvalue weighted by atomic mass is 16.6. The molecular weight excluding hydrogens is 286 g/mol. The summed E-state index contributed by atoms with van der Waals surface area (Å²) < 4.78 is 10.5. The zero-order valence-electron chi connectivity index (χ0n) is 12.0. The van der Waals surface area contributed by atoms with Crippen LogP contribution in [0.4, 0.5) is 5.69 Å². The molecule has 2 rings (SSSR count). The van der Waals surface area contributed by atoms with Crippen LogP contribution in [0.15, 0.2) is 48.5 Å². The molecule has 0 aliphatic rings. The van der Waals surface area contributed by atoms with E-state index in [1.807, 2.05) is 0 Å². The Balaban J connectivity index is 1.98. The predicted molar refractivity (Wildman–Crippen MR) is 79.9 cm³/mol. The minimum Gasteiger partial charge on any atom is -0.466 e. The normalized spacial score (nSPS) is 10.0. The molecule has 0 spiro atoms. The molecule has 0 aliphatic carbocycles. The fourth-order valence-corrected chi connectivity index (χ4v) is 1.83. The van der Waals surface area contributed by atoms with Gasteiger partial charge in [0.1, 0.15) is 11.5 Å². The molecule has 22 heavy (non-hydrogen) atoms. The second-order valence-electron chi connectivity index (χ2n) is 4.48. The summed E-state index contributed by atoms with van der Waals surface area (Å²) in [5.74, 6) is 0.816. The molecule has 114 valence electrons. The Kier molecular flexibility index (Phi) is 5.08. The summed E-state index contributed by atoms with van der Waals surface area (Å²) in [6.45, 7) is 2.12. The molecule has 0 N–H and O–H groups in total. The molecule has 0 aromatic heterocycles. The van der Waals surface area contributed by atoms with Gasteiger partial charge in [-0.05, 0) is 36.8 Å². The number of ether oxygens (including phenoxy) is 2. The number of hydrogen-bond acceptors (Lipinski definition) is 5. The van der Waals surface area contributed by atoms with Crippen molar-refractivity contribution in [1.82, 2.24) is 0 Å². The average Bonchev–Trinajstić information content (AvgIpc) is 2.50. The van der Waals surface area contributed by atoms with Crippen molar-refractivity contribution in [3.05, 3.63) is 64.2 Å². The fourth-order valence-electron chi connectivity index (χ4n) is 1.83. The number of hydrogen-bond donors (Lipinski definition) is 0. The van der Waals surface area contributed by atoms with E-state index < -0.39 is 4.92 Å². The Hall–Kier alpha value is -2.89. The summed E-state index contributed by atoms with van der Waals surface area (Å²) in [4.78, 5) is 21.5. The summed E-state index contributed by atoms with van der Waals surface area (Å²) in [7, 11) is 0. The van der Waals surface area contributed by atoms with Gasteiger partial charge < -0.3 is 9.47 Å². The average molecular weight is 301 g/mol. The van der Waals surface area contributed by atoms with Gasteiger partial charge in [-0.3, -0.25) is 14.9 Å². The molecule has 0 aliphatic heterocycles. The SMILES string of the molecule is CCOC(=O)Cc1ccc(Oc2ccc([N+](=O)[O-])cc2)cc1. The lowest BCUT2D eigenvalue weighted by atomic mass is 10.1. The van der Waals surface area contributed by atoms with Gasteiger partial charge >= 0.3 is 5.97 Å². The van der Waals surface area contributed by atoms with Gasteiger partial charge in [-0.25, -0.2) is 0 Å². The summed E-state index contributed by atoms with van der Waals surface area (Å²) in [5, 5.41) is 10.6. The fraction of sp³-hybridized carbons (Fsp3) is 0.188. The number of rotatable bonds is 6. The van der Waals surface area contributed by atoms with E-state index in [4.69, 9.17) is 9.47 Å². The maximum Gasteiger partial charge on any atom is 0.310 e. The molecule has 2 aromatic rings. The molecule has 0 saturated carbocycles. The van der Waals surface area contributed by atoms with Crippen molar-refractivity contribution in [2.45, 2.75) is 13.3 Å². The van der Waals surface area contributed by atoms with Crippen molar-refractivity contribution in [2.75, 3.05) is 6.61 Å². The lowest BCUT2D eigenvalue weighted by Gasteiger charge is -2.06. The summed E-state index contributed by atoms with van der Waals surface area (Å²) >= 11 is 0. The second-order valence-corrected chi connectivity index (χ2v) is 4.48. The molecule has 0 atom stereocenters. The van der Waals surface area contributed by atoms with Gasteiger partial charge in [0.05, 0.1) is 18.0 Å². The van der Waals surface area contributed by atoms with Crippen molar-refractivity contribution in [3.63, 3.8) is 0 Å². The third kappa shape index (κ3) is 4.31. The Morgan fingerprint density at radius 2 is 1.59 bits per heavy atom. The van der Waals surface area contributed by atoms with Crippen LogP contribution in [0.25, 0.3) is 0 Å². The zero-order valence-corrected chi connectivity index (χ0v) is 12.0. The van der Waals surface area contributed by atoms with Gasteiger partial charge in [0.2, 0.25) is 0 Å². The molecule has 2 aromatic carbocycles. The van der Waals surface area contributed by atoms with E-state index in [-0.39, 0.29) is 18.1 Å². The van der Waals surface area contributed by atoms with Crippen LogP contribution in [-0.4, -0.2) is 17.5 Å². The van der Waals surface area contributed by atoms with E-state index in [9.17, 15) is 14.9 Å². The number of non-ortho nitro benzene ring substituents is 1. The molecule has 0 saturated heterocycles. The molecule has 0 amide bonds. The number of carbonyl (C=O) groups excluding carboxylic acids is 1. The van der Waals surface area contributed by atoms with Gasteiger partial charge in [-0.2, -0.15) is 0 Å². The largest absolute Gasteiger partial charge is 0.466 e. The van der Waals surface area contributed by atoms with Crippen LogP contribution in [0.3, 0.4) is 0 Å². The lowest BCUT2D eigenvalue weighted by Crippen LogP contribution is -2.07. The first kappa shape index (κ1) is 15.5. The number of nitro benzene ring substituents is 1. The highest BCUT2D eigenvalue weighted by Gasteiger charge is 2.06. The maximum atomic E-state index is 11.4. The second kappa shape index (κ2) is 7.21. The highest BCUT2D eigenvalue weighted by molar-refractivity contribution is 5.72. The van der Waals surface area contributed by atoms with Gasteiger partial charge in [-0.15, -0.1) is 0 Å². The van der Waals surface area contributed by atoms with E-state index >= 15 is 0 Å². The summed E-state index contributed by atoms with van der Waals surface area (Å²) in [5.41, 5.74) is 0.839. The van der Waals surface area contributed by atoms with Crippen molar-refractivity contribution in [3.8, 4) is 11.5 Å². The Morgan fingerprint density at radius 3 is 2.09 bits per heavy atom. The smallest absolute Gasteiger partial charge is 0.310 e. The van der Waals surface area contributed by atoms with Gasteiger partial charge in [0.25, 0.3) is 5.69 Å². The van der Waals surface area contributed by atoms with Crippen LogP contribution < -0.4 is 4.74 Å². The minimum atomic E-state index is -0.464. The molecule has 0 fully saturated rings. The molecule has 0 bridgehead atoms. The number of carbonyl (C=O) groups is 1. The van der Waals surface area contributed by atoms with Gasteiger partial charge in [-0.1, -0.05) is 12.1 Å². The first-order chi connectivity index (χ1) is 10.6. The minimum absolute atomic E-state index is 0.0112. The third-order valence-electron chi connectivity index (χ3n) is 2.86. The first-order valence-electron chi connectivity index (χ1n) is 6.75. The Morgan fingerprint density at radius 1 is 1.05 bits per heavy atom. The van der Waals surface area contributed by atoms with Crippen LogP contribution >= 0.6 is 0 Å². The van der Waals surface area contributed by atoms with Crippen LogP contribution in [0.5, 0.6) is 11.5 Å². The molecule has 6 heteroatoms. The number of benzene rings is 2. The predicted octanol–water partition coefficient (Wildman–Crippen LogP) is 3.49. The van der Waals surface area contributed by atoms with Crippen molar-refractivity contribution >= 4 is 11.7 Å². The number of esters is 1. The van der Waals surface area contributed by atoms with E-state index in [1.165, 1.54) is 24.3 Å². The van der Waals surface area contributed by atoms with E-state index in [0.717, 1.165) is 5.56 Å². The Labute approximate surface area is 127 Å². The first-order valence-corrected chi connectivity index (χ1v) is 6.75. The molecule has 0 radical (unpaired) electrons. The van der Waals surface area contributed by atoms with Crippen molar-refractivity contribution in [1.29, 1.82) is 0 Å². The Bertz CT molecular complexity index is 649. The van der Waals surface area contributed by atoms with E-state index in [0.29, 0.717) is 18.1 Å². The maximum absolute atomic E-state index is 11.4.